The number of halogens is 1. The highest BCUT2D eigenvalue weighted by Crippen LogP contribution is 2.31. The number of anilines is 1. The third kappa shape index (κ3) is 3.04. The summed E-state index contributed by atoms with van der Waals surface area (Å²) in [5.41, 5.74) is 6.73. The molecule has 1 heterocycles. The fourth-order valence-corrected chi connectivity index (χ4v) is 2.83. The number of piperidine rings is 1. The van der Waals surface area contributed by atoms with Gasteiger partial charge in [0.05, 0.1) is 12.6 Å². The molecule has 2 atom stereocenters. The van der Waals surface area contributed by atoms with Crippen LogP contribution in [-0.2, 0) is 0 Å². The Kier molecular flexibility index (Phi) is 4.50. The summed E-state index contributed by atoms with van der Waals surface area (Å²) in [6.07, 6.45) is 1.95. The molecule has 0 aliphatic carbocycles. The van der Waals surface area contributed by atoms with Gasteiger partial charge in [-0.3, -0.25) is 0 Å². The molecule has 0 saturated carbocycles. The molecular formula is C15H24FN3O. The number of likely N-dealkylation sites (tertiary alicyclic amines) is 1. The van der Waals surface area contributed by atoms with Crippen molar-refractivity contribution in [2.45, 2.75) is 31.3 Å². The Labute approximate surface area is 120 Å². The molecule has 0 amide bonds. The molecule has 1 aliphatic rings. The maximum atomic E-state index is 13.5. The van der Waals surface area contributed by atoms with Crippen molar-refractivity contribution < 1.29 is 9.13 Å². The van der Waals surface area contributed by atoms with Gasteiger partial charge in [0.15, 0.2) is 11.6 Å². The van der Waals surface area contributed by atoms with Crippen molar-refractivity contribution >= 4 is 5.69 Å². The Morgan fingerprint density at radius 2 is 2.30 bits per heavy atom. The van der Waals surface area contributed by atoms with Gasteiger partial charge >= 0.3 is 0 Å². The van der Waals surface area contributed by atoms with E-state index >= 15 is 0 Å². The molecule has 1 fully saturated rings. The summed E-state index contributed by atoms with van der Waals surface area (Å²) in [4.78, 5) is 2.33. The van der Waals surface area contributed by atoms with Crippen molar-refractivity contribution in [1.29, 1.82) is 0 Å². The minimum Gasteiger partial charge on any atom is -0.494 e. The number of benzene rings is 1. The van der Waals surface area contributed by atoms with Gasteiger partial charge < -0.3 is 20.7 Å². The Morgan fingerprint density at radius 3 is 2.90 bits per heavy atom. The smallest absolute Gasteiger partial charge is 0.165 e. The van der Waals surface area contributed by atoms with Crippen LogP contribution < -0.4 is 15.8 Å². The quantitative estimate of drug-likeness (QED) is 0.887. The van der Waals surface area contributed by atoms with Gasteiger partial charge in [0.25, 0.3) is 0 Å². The molecule has 1 aromatic carbocycles. The molecule has 5 heteroatoms. The number of methoxy groups -OCH3 is 1. The summed E-state index contributed by atoms with van der Waals surface area (Å²) in [6, 6.07) is 5.32. The molecule has 0 aromatic heterocycles. The molecule has 3 N–H and O–H groups in total. The molecule has 20 heavy (non-hydrogen) atoms. The van der Waals surface area contributed by atoms with Gasteiger partial charge in [0, 0.05) is 30.9 Å². The van der Waals surface area contributed by atoms with Crippen LogP contribution in [0.1, 0.15) is 19.8 Å². The lowest BCUT2D eigenvalue weighted by Gasteiger charge is -2.45. The summed E-state index contributed by atoms with van der Waals surface area (Å²) in [7, 11) is 3.60. The van der Waals surface area contributed by atoms with Crippen molar-refractivity contribution in [1.82, 2.24) is 4.90 Å². The first-order chi connectivity index (χ1) is 9.49. The van der Waals surface area contributed by atoms with E-state index in [9.17, 15) is 4.39 Å². The molecule has 0 spiro atoms. The molecule has 112 valence electrons. The molecular weight excluding hydrogens is 257 g/mol. The van der Waals surface area contributed by atoms with E-state index in [1.807, 2.05) is 0 Å². The van der Waals surface area contributed by atoms with E-state index in [0.717, 1.165) is 25.1 Å². The first-order valence-corrected chi connectivity index (χ1v) is 7.02. The van der Waals surface area contributed by atoms with E-state index < -0.39 is 0 Å². The number of nitrogens with one attached hydrogen (secondary N) is 1. The number of rotatable bonds is 4. The van der Waals surface area contributed by atoms with Crippen LogP contribution in [-0.4, -0.2) is 43.7 Å². The second-order valence-corrected chi connectivity index (χ2v) is 5.74. The average molecular weight is 281 g/mol. The lowest BCUT2D eigenvalue weighted by atomic mass is 9.83. The highest BCUT2D eigenvalue weighted by molar-refractivity contribution is 5.51. The molecule has 1 saturated heterocycles. The van der Waals surface area contributed by atoms with Gasteiger partial charge in [-0.25, -0.2) is 4.39 Å². The zero-order chi connectivity index (χ0) is 14.8. The highest BCUT2D eigenvalue weighted by atomic mass is 19.1. The van der Waals surface area contributed by atoms with Crippen molar-refractivity contribution in [3.63, 3.8) is 0 Å². The Morgan fingerprint density at radius 1 is 1.55 bits per heavy atom. The highest BCUT2D eigenvalue weighted by Gasteiger charge is 2.35. The fourth-order valence-electron chi connectivity index (χ4n) is 2.83. The summed E-state index contributed by atoms with van der Waals surface area (Å²) >= 11 is 0. The van der Waals surface area contributed by atoms with Crippen molar-refractivity contribution in [3.05, 3.63) is 24.0 Å². The van der Waals surface area contributed by atoms with Crippen LogP contribution in [0.2, 0.25) is 0 Å². The van der Waals surface area contributed by atoms with Gasteiger partial charge in [0.2, 0.25) is 0 Å². The first-order valence-electron chi connectivity index (χ1n) is 7.02. The van der Waals surface area contributed by atoms with Crippen molar-refractivity contribution in [2.75, 3.05) is 32.6 Å². The van der Waals surface area contributed by atoms with Crippen LogP contribution in [0, 0.1) is 5.82 Å². The van der Waals surface area contributed by atoms with E-state index in [4.69, 9.17) is 10.5 Å². The number of hydrogen-bond donors (Lipinski definition) is 2. The largest absolute Gasteiger partial charge is 0.494 e. The predicted molar refractivity (Wildman–Crippen MR) is 79.7 cm³/mol. The second kappa shape index (κ2) is 5.97. The third-order valence-electron chi connectivity index (χ3n) is 4.33. The summed E-state index contributed by atoms with van der Waals surface area (Å²) in [5, 5.41) is 3.50. The Balaban J connectivity index is 2.18. The van der Waals surface area contributed by atoms with Crippen molar-refractivity contribution in [2.24, 2.45) is 5.73 Å². The lowest BCUT2D eigenvalue weighted by molar-refractivity contribution is 0.146. The topological polar surface area (TPSA) is 50.5 Å². The van der Waals surface area contributed by atoms with E-state index in [-0.39, 0.29) is 17.1 Å². The maximum Gasteiger partial charge on any atom is 0.165 e. The molecule has 4 nitrogen and oxygen atoms in total. The Hall–Kier alpha value is -1.33. The van der Waals surface area contributed by atoms with E-state index in [2.05, 4.69) is 24.2 Å². The van der Waals surface area contributed by atoms with Crippen molar-refractivity contribution in [3.8, 4) is 5.75 Å². The molecule has 0 bridgehead atoms. The number of nitrogens with two attached hydrogens (primary N) is 1. The Bertz CT molecular complexity index is 468. The van der Waals surface area contributed by atoms with E-state index in [1.54, 1.807) is 12.1 Å². The SMILES string of the molecule is COc1cc(NC2(CN)CCN(C)C(C)C2)ccc1F. The van der Waals surface area contributed by atoms with Gasteiger partial charge in [-0.1, -0.05) is 0 Å². The van der Waals surface area contributed by atoms with Crippen LogP contribution in [0.25, 0.3) is 0 Å². The van der Waals surface area contributed by atoms with Crippen LogP contribution in [0.15, 0.2) is 18.2 Å². The van der Waals surface area contributed by atoms with Gasteiger partial charge in [-0.2, -0.15) is 0 Å². The minimum absolute atomic E-state index is 0.130. The molecule has 1 aromatic rings. The second-order valence-electron chi connectivity index (χ2n) is 5.74. The number of ether oxygens (including phenoxy) is 1. The average Bonchev–Trinajstić information content (AvgIpc) is 2.45. The maximum absolute atomic E-state index is 13.5. The normalized spacial score (nSPS) is 27.4. The van der Waals surface area contributed by atoms with Gasteiger partial charge in [-0.05, 0) is 38.9 Å². The zero-order valence-electron chi connectivity index (χ0n) is 12.4. The summed E-state index contributed by atoms with van der Waals surface area (Å²) in [6.45, 7) is 3.77. The van der Waals surface area contributed by atoms with Crippen LogP contribution in [0.4, 0.5) is 10.1 Å². The lowest BCUT2D eigenvalue weighted by Crippen LogP contribution is -2.55. The predicted octanol–water partition coefficient (Wildman–Crippen LogP) is 2.06. The van der Waals surface area contributed by atoms with Gasteiger partial charge in [-0.15, -0.1) is 0 Å². The van der Waals surface area contributed by atoms with E-state index in [1.165, 1.54) is 13.2 Å². The number of nitrogens with zero attached hydrogens (tertiary/aromatic N) is 1. The van der Waals surface area contributed by atoms with Crippen LogP contribution in [0.3, 0.4) is 0 Å². The molecule has 2 rings (SSSR count). The first kappa shape index (κ1) is 15.1. The third-order valence-corrected chi connectivity index (χ3v) is 4.33. The molecule has 2 unspecified atom stereocenters. The minimum atomic E-state index is -0.350. The molecule has 1 aliphatic heterocycles. The van der Waals surface area contributed by atoms with Gasteiger partial charge in [0.1, 0.15) is 0 Å². The van der Waals surface area contributed by atoms with E-state index in [0.29, 0.717) is 12.6 Å². The standard InChI is InChI=1S/C15H24FN3O/c1-11-9-15(10-17,6-7-19(11)2)18-12-4-5-13(16)14(8-12)20-3/h4-5,8,11,18H,6-7,9-10,17H2,1-3H3. The van der Waals surface area contributed by atoms with Crippen LogP contribution in [0.5, 0.6) is 5.75 Å². The number of hydrogen-bond acceptors (Lipinski definition) is 4. The fraction of sp³-hybridized carbons (Fsp3) is 0.600. The summed E-state index contributed by atoms with van der Waals surface area (Å²) in [5.74, 6) is -0.0975. The zero-order valence-corrected chi connectivity index (χ0v) is 12.4. The van der Waals surface area contributed by atoms with Crippen LogP contribution >= 0.6 is 0 Å². The monoisotopic (exact) mass is 281 g/mol. The summed E-state index contributed by atoms with van der Waals surface area (Å²) < 4.78 is 18.5. The molecule has 0 radical (unpaired) electrons.